The summed E-state index contributed by atoms with van der Waals surface area (Å²) in [6.07, 6.45) is 7.98. The van der Waals surface area contributed by atoms with Gasteiger partial charge < -0.3 is 5.11 Å². The van der Waals surface area contributed by atoms with Crippen LogP contribution in [0.1, 0.15) is 26.2 Å². The summed E-state index contributed by atoms with van der Waals surface area (Å²) in [6.45, 7) is 2.31. The van der Waals surface area contributed by atoms with Crippen molar-refractivity contribution in [2.45, 2.75) is 26.2 Å². The number of aliphatic carboxylic acids is 1. The van der Waals surface area contributed by atoms with Gasteiger partial charge in [-0.05, 0) is 60.2 Å². The predicted octanol–water partition coefficient (Wildman–Crippen LogP) is 2.80. The molecular weight excluding hydrogens is 212 g/mol. The Hall–Kier alpha value is -0.790. The molecule has 4 aliphatic rings. The van der Waals surface area contributed by atoms with Crippen LogP contribution in [0.3, 0.4) is 0 Å². The van der Waals surface area contributed by atoms with Crippen LogP contribution in [-0.2, 0) is 4.79 Å². The van der Waals surface area contributed by atoms with Gasteiger partial charge >= 0.3 is 5.97 Å². The van der Waals surface area contributed by atoms with Crippen LogP contribution in [0.2, 0.25) is 0 Å². The van der Waals surface area contributed by atoms with Crippen molar-refractivity contribution in [1.82, 2.24) is 0 Å². The van der Waals surface area contributed by atoms with E-state index in [0.717, 1.165) is 35.5 Å². The van der Waals surface area contributed by atoms with Gasteiger partial charge in [0.2, 0.25) is 0 Å². The van der Waals surface area contributed by atoms with Gasteiger partial charge in [0.05, 0.1) is 0 Å². The summed E-state index contributed by atoms with van der Waals surface area (Å²) in [5, 5.41) is 9.08. The molecule has 8 atom stereocenters. The molecule has 2 nitrogen and oxygen atoms in total. The van der Waals surface area contributed by atoms with Crippen molar-refractivity contribution in [3.63, 3.8) is 0 Å². The molecular formula is C15H20O2. The SMILES string of the molecule is CC1C(CC(=O)O)C2CC1C1C3C=CC(C3)C21. The Labute approximate surface area is 102 Å². The molecule has 0 spiro atoms. The number of allylic oxidation sites excluding steroid dienone is 2. The lowest BCUT2D eigenvalue weighted by Gasteiger charge is -2.40. The van der Waals surface area contributed by atoms with Crippen molar-refractivity contribution in [1.29, 1.82) is 0 Å². The van der Waals surface area contributed by atoms with Crippen LogP contribution in [0.25, 0.3) is 0 Å². The molecule has 0 aromatic rings. The predicted molar refractivity (Wildman–Crippen MR) is 64.2 cm³/mol. The maximum absolute atomic E-state index is 11.0. The molecule has 3 fully saturated rings. The molecule has 17 heavy (non-hydrogen) atoms. The second kappa shape index (κ2) is 3.15. The molecule has 1 N–H and O–H groups in total. The molecule has 0 heterocycles. The molecule has 0 amide bonds. The fourth-order valence-electron chi connectivity index (χ4n) is 6.00. The molecule has 4 rings (SSSR count). The maximum atomic E-state index is 11.0. The van der Waals surface area contributed by atoms with Gasteiger partial charge in [0, 0.05) is 6.42 Å². The van der Waals surface area contributed by atoms with Gasteiger partial charge in [-0.15, -0.1) is 0 Å². The number of rotatable bonds is 2. The fourth-order valence-corrected chi connectivity index (χ4v) is 6.00. The molecule has 3 saturated carbocycles. The number of hydrogen-bond donors (Lipinski definition) is 1. The molecule has 0 aromatic carbocycles. The van der Waals surface area contributed by atoms with Crippen molar-refractivity contribution in [2.75, 3.05) is 0 Å². The smallest absolute Gasteiger partial charge is 0.303 e. The van der Waals surface area contributed by atoms with Gasteiger partial charge in [0.25, 0.3) is 0 Å². The van der Waals surface area contributed by atoms with E-state index in [0.29, 0.717) is 18.3 Å². The van der Waals surface area contributed by atoms with E-state index in [1.165, 1.54) is 12.8 Å². The lowest BCUT2D eigenvalue weighted by molar-refractivity contribution is -0.139. The third-order valence-electron chi connectivity index (χ3n) is 6.43. The minimum atomic E-state index is -0.593. The van der Waals surface area contributed by atoms with Crippen LogP contribution in [-0.4, -0.2) is 11.1 Å². The van der Waals surface area contributed by atoms with Gasteiger partial charge in [-0.2, -0.15) is 0 Å². The Balaban J connectivity index is 1.65. The molecule has 4 bridgehead atoms. The fraction of sp³-hybridized carbons (Fsp3) is 0.800. The van der Waals surface area contributed by atoms with E-state index in [2.05, 4.69) is 19.1 Å². The summed E-state index contributed by atoms with van der Waals surface area (Å²) in [4.78, 5) is 11.0. The van der Waals surface area contributed by atoms with Gasteiger partial charge in [-0.1, -0.05) is 19.1 Å². The van der Waals surface area contributed by atoms with Crippen LogP contribution in [0.5, 0.6) is 0 Å². The number of fused-ring (bicyclic) bond motifs is 9. The largest absolute Gasteiger partial charge is 0.481 e. The maximum Gasteiger partial charge on any atom is 0.303 e. The highest BCUT2D eigenvalue weighted by Gasteiger charge is 2.63. The quantitative estimate of drug-likeness (QED) is 0.587. The zero-order valence-electron chi connectivity index (χ0n) is 10.3. The van der Waals surface area contributed by atoms with Gasteiger partial charge in [-0.25, -0.2) is 0 Å². The van der Waals surface area contributed by atoms with Gasteiger partial charge in [0.15, 0.2) is 0 Å². The molecule has 0 aromatic heterocycles. The Bertz CT molecular complexity index is 400. The normalized spacial score (nSPS) is 57.7. The van der Waals surface area contributed by atoms with E-state index in [1.807, 2.05) is 0 Å². The zero-order chi connectivity index (χ0) is 11.7. The van der Waals surface area contributed by atoms with Crippen molar-refractivity contribution >= 4 is 5.97 Å². The monoisotopic (exact) mass is 232 g/mol. The molecule has 8 unspecified atom stereocenters. The van der Waals surface area contributed by atoms with Crippen LogP contribution in [0.15, 0.2) is 12.2 Å². The third kappa shape index (κ3) is 1.14. The number of carboxylic acids is 1. The van der Waals surface area contributed by atoms with E-state index < -0.39 is 5.97 Å². The Morgan fingerprint density at radius 1 is 1.18 bits per heavy atom. The molecule has 0 saturated heterocycles. The standard InChI is InChI=1S/C15H20O2/c1-7-10(6-13(16)17)12-5-11(7)14-8-2-3-9(4-8)15(12)14/h2-3,7-12,14-15H,4-6H2,1H3,(H,16,17). The second-order valence-electron chi connectivity index (χ2n) is 6.79. The topological polar surface area (TPSA) is 37.3 Å². The van der Waals surface area contributed by atoms with Gasteiger partial charge in [0.1, 0.15) is 0 Å². The van der Waals surface area contributed by atoms with Crippen LogP contribution in [0, 0.1) is 47.3 Å². The van der Waals surface area contributed by atoms with Crippen molar-refractivity contribution in [3.05, 3.63) is 12.2 Å². The van der Waals surface area contributed by atoms with Crippen LogP contribution < -0.4 is 0 Å². The third-order valence-corrected chi connectivity index (χ3v) is 6.43. The van der Waals surface area contributed by atoms with E-state index in [4.69, 9.17) is 5.11 Å². The molecule has 0 aliphatic heterocycles. The highest BCUT2D eigenvalue weighted by atomic mass is 16.4. The average Bonchev–Trinajstić information content (AvgIpc) is 2.97. The van der Waals surface area contributed by atoms with Gasteiger partial charge in [-0.3, -0.25) is 4.79 Å². The summed E-state index contributed by atoms with van der Waals surface area (Å²) in [6, 6.07) is 0. The Morgan fingerprint density at radius 2 is 1.82 bits per heavy atom. The molecule has 0 radical (unpaired) electrons. The summed E-state index contributed by atoms with van der Waals surface area (Å²) < 4.78 is 0. The Kier molecular flexibility index (Phi) is 1.88. The van der Waals surface area contributed by atoms with Crippen molar-refractivity contribution in [3.8, 4) is 0 Å². The first-order valence-electron chi connectivity index (χ1n) is 7.07. The number of hydrogen-bond acceptors (Lipinski definition) is 1. The number of carbonyl (C=O) groups is 1. The minimum absolute atomic E-state index is 0.409. The van der Waals surface area contributed by atoms with E-state index in [-0.39, 0.29) is 0 Å². The van der Waals surface area contributed by atoms with Crippen LogP contribution in [0.4, 0.5) is 0 Å². The molecule has 2 heteroatoms. The average molecular weight is 232 g/mol. The van der Waals surface area contributed by atoms with E-state index in [1.54, 1.807) is 0 Å². The minimum Gasteiger partial charge on any atom is -0.481 e. The summed E-state index contributed by atoms with van der Waals surface area (Å²) in [7, 11) is 0. The Morgan fingerprint density at radius 3 is 2.47 bits per heavy atom. The van der Waals surface area contributed by atoms with Crippen LogP contribution >= 0.6 is 0 Å². The first kappa shape index (κ1) is 10.2. The lowest BCUT2D eigenvalue weighted by Crippen LogP contribution is -2.36. The van der Waals surface area contributed by atoms with E-state index >= 15 is 0 Å². The number of carboxylic acid groups (broad SMARTS) is 1. The summed E-state index contributed by atoms with van der Waals surface area (Å²) in [5.74, 6) is 5.45. The molecule has 4 aliphatic carbocycles. The van der Waals surface area contributed by atoms with Crippen molar-refractivity contribution in [2.24, 2.45) is 47.3 Å². The lowest BCUT2D eigenvalue weighted by atomic mass is 9.64. The summed E-state index contributed by atoms with van der Waals surface area (Å²) >= 11 is 0. The van der Waals surface area contributed by atoms with E-state index in [9.17, 15) is 4.79 Å². The first-order valence-corrected chi connectivity index (χ1v) is 7.07. The highest BCUT2D eigenvalue weighted by molar-refractivity contribution is 5.67. The first-order chi connectivity index (χ1) is 8.16. The van der Waals surface area contributed by atoms with Crippen molar-refractivity contribution < 1.29 is 9.90 Å². The molecule has 92 valence electrons. The summed E-state index contributed by atoms with van der Waals surface area (Å²) in [5.41, 5.74) is 0. The highest BCUT2D eigenvalue weighted by Crippen LogP contribution is 2.69. The second-order valence-corrected chi connectivity index (χ2v) is 6.79. The zero-order valence-corrected chi connectivity index (χ0v) is 10.3.